The number of carbonyl (C=O) groups excluding carboxylic acids is 1. The Morgan fingerprint density at radius 2 is 2.25 bits per heavy atom. The third-order valence-electron chi connectivity index (χ3n) is 1.07. The van der Waals surface area contributed by atoms with Gasteiger partial charge < -0.3 is 9.47 Å². The van der Waals surface area contributed by atoms with Crippen LogP contribution >= 0.6 is 11.4 Å². The molecule has 0 aliphatic heterocycles. The molecule has 12 heavy (non-hydrogen) atoms. The van der Waals surface area contributed by atoms with E-state index in [1.807, 2.05) is 13.8 Å². The van der Waals surface area contributed by atoms with Crippen LogP contribution in [-0.2, 0) is 14.3 Å². The SMILES string of the molecule is CCCC(=O)OCOC=[SH]CC. The summed E-state index contributed by atoms with van der Waals surface area (Å²) in [5.74, 6) is 0.821. The van der Waals surface area contributed by atoms with Gasteiger partial charge in [-0.05, 0) is 12.2 Å². The van der Waals surface area contributed by atoms with E-state index in [9.17, 15) is 4.79 Å². The van der Waals surface area contributed by atoms with Gasteiger partial charge in [-0.2, -0.15) is 11.4 Å². The lowest BCUT2D eigenvalue weighted by Crippen LogP contribution is -2.06. The van der Waals surface area contributed by atoms with Gasteiger partial charge in [-0.1, -0.05) is 13.8 Å². The van der Waals surface area contributed by atoms with Gasteiger partial charge in [-0.3, -0.25) is 4.79 Å². The normalized spacial score (nSPS) is 11.2. The minimum atomic E-state index is -0.195. The lowest BCUT2D eigenvalue weighted by atomic mass is 10.3. The molecule has 0 N–H and O–H groups in total. The Balaban J connectivity index is 3.19. The maximum absolute atomic E-state index is 10.8. The number of esters is 1. The van der Waals surface area contributed by atoms with Gasteiger partial charge in [0, 0.05) is 6.42 Å². The molecule has 0 saturated heterocycles. The number of ether oxygens (including phenoxy) is 2. The molecule has 0 rings (SSSR count). The minimum absolute atomic E-state index is 0.0475. The van der Waals surface area contributed by atoms with Crippen molar-refractivity contribution in [2.24, 2.45) is 0 Å². The topological polar surface area (TPSA) is 35.5 Å². The van der Waals surface area contributed by atoms with Gasteiger partial charge in [-0.15, -0.1) is 0 Å². The summed E-state index contributed by atoms with van der Waals surface area (Å²) in [5, 5.41) is 0. The Morgan fingerprint density at radius 3 is 2.83 bits per heavy atom. The Hall–Kier alpha value is -0.350. The zero-order chi connectivity index (χ0) is 9.23. The Morgan fingerprint density at radius 1 is 1.50 bits per heavy atom. The van der Waals surface area contributed by atoms with Crippen molar-refractivity contribution in [1.29, 1.82) is 0 Å². The first-order valence-corrected chi connectivity index (χ1v) is 5.21. The van der Waals surface area contributed by atoms with E-state index in [0.717, 1.165) is 23.5 Å². The van der Waals surface area contributed by atoms with E-state index in [2.05, 4.69) is 0 Å². The van der Waals surface area contributed by atoms with Crippen LogP contribution in [0.25, 0.3) is 0 Å². The fourth-order valence-electron chi connectivity index (χ4n) is 0.534. The second-order valence-electron chi connectivity index (χ2n) is 2.16. The molecular formula is C8H16O3S. The van der Waals surface area contributed by atoms with Crippen molar-refractivity contribution in [2.75, 3.05) is 12.5 Å². The monoisotopic (exact) mass is 192 g/mol. The summed E-state index contributed by atoms with van der Waals surface area (Å²) in [5.41, 5.74) is 1.64. The molecule has 0 heterocycles. The van der Waals surface area contributed by atoms with Gasteiger partial charge >= 0.3 is 5.97 Å². The molecule has 4 heteroatoms. The van der Waals surface area contributed by atoms with Gasteiger partial charge in [0.15, 0.2) is 6.79 Å². The highest BCUT2D eigenvalue weighted by atomic mass is 32.1. The van der Waals surface area contributed by atoms with Crippen LogP contribution in [0, 0.1) is 0 Å². The van der Waals surface area contributed by atoms with Gasteiger partial charge in [-0.25, -0.2) is 0 Å². The summed E-state index contributed by atoms with van der Waals surface area (Å²) >= 11 is 1.11. The maximum Gasteiger partial charge on any atom is 0.307 e. The molecule has 0 spiro atoms. The van der Waals surface area contributed by atoms with E-state index < -0.39 is 0 Å². The zero-order valence-electron chi connectivity index (χ0n) is 7.58. The first kappa shape index (κ1) is 11.6. The maximum atomic E-state index is 10.8. The van der Waals surface area contributed by atoms with Crippen molar-refractivity contribution in [1.82, 2.24) is 0 Å². The molecule has 3 nitrogen and oxygen atoms in total. The lowest BCUT2D eigenvalue weighted by molar-refractivity contribution is -0.150. The molecular weight excluding hydrogens is 176 g/mol. The molecule has 0 fully saturated rings. The van der Waals surface area contributed by atoms with Crippen LogP contribution in [0.2, 0.25) is 0 Å². The molecule has 0 aromatic carbocycles. The minimum Gasteiger partial charge on any atom is -0.438 e. The second kappa shape index (κ2) is 8.74. The molecule has 72 valence electrons. The van der Waals surface area contributed by atoms with Crippen LogP contribution in [0.3, 0.4) is 0 Å². The van der Waals surface area contributed by atoms with E-state index in [-0.39, 0.29) is 12.8 Å². The lowest BCUT2D eigenvalue weighted by Gasteiger charge is -2.00. The van der Waals surface area contributed by atoms with Crippen LogP contribution in [0.4, 0.5) is 0 Å². The molecule has 0 unspecified atom stereocenters. The van der Waals surface area contributed by atoms with Gasteiger partial charge in [0.2, 0.25) is 0 Å². The van der Waals surface area contributed by atoms with Crippen LogP contribution in [0.1, 0.15) is 26.7 Å². The number of carbonyl (C=O) groups is 1. The van der Waals surface area contributed by atoms with Crippen LogP contribution in [0.5, 0.6) is 0 Å². The first-order valence-electron chi connectivity index (χ1n) is 4.06. The van der Waals surface area contributed by atoms with Crippen molar-refractivity contribution in [3.05, 3.63) is 0 Å². The Kier molecular flexibility index (Phi) is 8.49. The molecule has 0 atom stereocenters. The molecule has 0 aromatic rings. The smallest absolute Gasteiger partial charge is 0.307 e. The number of thiol groups is 1. The highest BCUT2D eigenvalue weighted by molar-refractivity contribution is 7.97. The quantitative estimate of drug-likeness (QED) is 0.228. The summed E-state index contributed by atoms with van der Waals surface area (Å²) < 4.78 is 9.64. The van der Waals surface area contributed by atoms with Gasteiger partial charge in [0.05, 0.1) is 5.55 Å². The summed E-state index contributed by atoms with van der Waals surface area (Å²) in [6, 6.07) is 0. The second-order valence-corrected chi connectivity index (χ2v) is 3.36. The van der Waals surface area contributed by atoms with Crippen molar-refractivity contribution in [3.8, 4) is 0 Å². The van der Waals surface area contributed by atoms with Crippen molar-refractivity contribution < 1.29 is 14.3 Å². The van der Waals surface area contributed by atoms with Crippen molar-refractivity contribution >= 4 is 22.9 Å². The van der Waals surface area contributed by atoms with E-state index in [1.54, 1.807) is 5.55 Å². The molecule has 0 amide bonds. The fourth-order valence-corrected chi connectivity index (χ4v) is 0.849. The summed E-state index contributed by atoms with van der Waals surface area (Å²) in [6.07, 6.45) is 1.28. The fraction of sp³-hybridized carbons (Fsp3) is 0.750. The molecule has 0 saturated carbocycles. The Labute approximate surface area is 77.0 Å². The molecule has 0 bridgehead atoms. The zero-order valence-corrected chi connectivity index (χ0v) is 8.47. The third-order valence-corrected chi connectivity index (χ3v) is 1.74. The first-order chi connectivity index (χ1) is 5.81. The number of hydrogen-bond acceptors (Lipinski definition) is 3. The van der Waals surface area contributed by atoms with Crippen molar-refractivity contribution in [2.45, 2.75) is 26.7 Å². The molecule has 0 aliphatic carbocycles. The average Bonchev–Trinajstić information content (AvgIpc) is 2.05. The molecule has 0 aliphatic rings. The van der Waals surface area contributed by atoms with E-state index in [4.69, 9.17) is 9.47 Å². The average molecular weight is 192 g/mol. The molecule has 0 radical (unpaired) electrons. The van der Waals surface area contributed by atoms with Gasteiger partial charge in [0.25, 0.3) is 0 Å². The summed E-state index contributed by atoms with van der Waals surface area (Å²) in [6.45, 7) is 4.03. The molecule has 0 aromatic heterocycles. The summed E-state index contributed by atoms with van der Waals surface area (Å²) in [4.78, 5) is 10.8. The number of hydrogen-bond donors (Lipinski definition) is 1. The Bertz CT molecular complexity index is 145. The number of rotatable bonds is 6. The predicted octanol–water partition coefficient (Wildman–Crippen LogP) is 1.55. The van der Waals surface area contributed by atoms with Crippen LogP contribution in [0.15, 0.2) is 0 Å². The van der Waals surface area contributed by atoms with Crippen LogP contribution in [-0.4, -0.2) is 24.1 Å². The highest BCUT2D eigenvalue weighted by Gasteiger charge is 1.97. The van der Waals surface area contributed by atoms with E-state index in [1.165, 1.54) is 0 Å². The third kappa shape index (κ3) is 7.75. The van der Waals surface area contributed by atoms with E-state index in [0.29, 0.717) is 6.42 Å². The van der Waals surface area contributed by atoms with E-state index >= 15 is 0 Å². The van der Waals surface area contributed by atoms with Gasteiger partial charge in [0.1, 0.15) is 0 Å². The summed E-state index contributed by atoms with van der Waals surface area (Å²) in [7, 11) is 0. The van der Waals surface area contributed by atoms with Crippen LogP contribution < -0.4 is 0 Å². The highest BCUT2D eigenvalue weighted by Crippen LogP contribution is 1.91. The van der Waals surface area contributed by atoms with Crippen molar-refractivity contribution in [3.63, 3.8) is 0 Å². The standard InChI is InChI=1S/C8H16O3S/c1-3-5-8(9)11-6-10-7-12-4-2/h7,12H,3-6H2,1-2H3. The largest absolute Gasteiger partial charge is 0.438 e. The predicted molar refractivity (Wildman–Crippen MR) is 52.5 cm³/mol.